The normalized spacial score (nSPS) is 10.6. The maximum absolute atomic E-state index is 2.26. The van der Waals surface area contributed by atoms with Gasteiger partial charge in [0.1, 0.15) is 0 Å². The van der Waals surface area contributed by atoms with Crippen LogP contribution >= 0.6 is 0 Å². The third-order valence-electron chi connectivity index (χ3n) is 2.50. The van der Waals surface area contributed by atoms with E-state index in [1.807, 2.05) is 0 Å². The number of nitrogens with zero attached hydrogens (tertiary/aromatic N) is 1. The Morgan fingerprint density at radius 1 is 1.14 bits per heavy atom. The molecule has 0 saturated carbocycles. The fraction of sp³-hybridized carbons (Fsp3) is 0.538. The van der Waals surface area contributed by atoms with Crippen molar-refractivity contribution < 1.29 is 0 Å². The van der Waals surface area contributed by atoms with E-state index < -0.39 is 0 Å². The molecule has 14 heavy (non-hydrogen) atoms. The zero-order chi connectivity index (χ0) is 10.6. The Morgan fingerprint density at radius 3 is 2.14 bits per heavy atom. The van der Waals surface area contributed by atoms with Crippen LogP contribution in [0.3, 0.4) is 0 Å². The first kappa shape index (κ1) is 11.1. The van der Waals surface area contributed by atoms with Crippen LogP contribution in [0, 0.1) is 5.92 Å². The van der Waals surface area contributed by atoms with Gasteiger partial charge < -0.3 is 4.90 Å². The van der Waals surface area contributed by atoms with E-state index >= 15 is 0 Å². The van der Waals surface area contributed by atoms with Crippen LogP contribution < -0.4 is 4.90 Å². The molecule has 0 atom stereocenters. The summed E-state index contributed by atoms with van der Waals surface area (Å²) in [6, 6.07) is 8.89. The van der Waals surface area contributed by atoms with Gasteiger partial charge in [-0.3, -0.25) is 0 Å². The molecule has 1 nitrogen and oxygen atoms in total. The minimum atomic E-state index is 0.741. The smallest absolute Gasteiger partial charge is 0.0363 e. The molecule has 0 saturated heterocycles. The van der Waals surface area contributed by atoms with E-state index in [1.54, 1.807) is 0 Å². The van der Waals surface area contributed by atoms with Crippen molar-refractivity contribution in [2.75, 3.05) is 18.5 Å². The molecule has 78 valence electrons. The molecule has 0 aliphatic rings. The first-order valence-electron chi connectivity index (χ1n) is 5.43. The van der Waals surface area contributed by atoms with Crippen molar-refractivity contribution in [1.29, 1.82) is 0 Å². The average molecular weight is 191 g/mol. The molecule has 0 radical (unpaired) electrons. The molecule has 0 N–H and O–H groups in total. The molecule has 0 spiro atoms. The molecule has 0 aliphatic heterocycles. The van der Waals surface area contributed by atoms with E-state index in [-0.39, 0.29) is 0 Å². The Labute approximate surface area is 87.7 Å². The van der Waals surface area contributed by atoms with Crippen LogP contribution in [0.5, 0.6) is 0 Å². The van der Waals surface area contributed by atoms with Gasteiger partial charge in [0.15, 0.2) is 0 Å². The number of hydrogen-bond acceptors (Lipinski definition) is 1. The van der Waals surface area contributed by atoms with Crippen LogP contribution in [-0.4, -0.2) is 13.6 Å². The fourth-order valence-corrected chi connectivity index (χ4v) is 1.54. The molecule has 0 aliphatic carbocycles. The van der Waals surface area contributed by atoms with Crippen molar-refractivity contribution in [3.63, 3.8) is 0 Å². The zero-order valence-corrected chi connectivity index (χ0v) is 9.75. The van der Waals surface area contributed by atoms with Gasteiger partial charge in [0.2, 0.25) is 0 Å². The molecular formula is C13H21N. The summed E-state index contributed by atoms with van der Waals surface area (Å²) >= 11 is 0. The summed E-state index contributed by atoms with van der Waals surface area (Å²) in [4.78, 5) is 2.25. The number of anilines is 1. The van der Waals surface area contributed by atoms with E-state index in [1.165, 1.54) is 17.7 Å². The summed E-state index contributed by atoms with van der Waals surface area (Å²) in [5.74, 6) is 0.741. The largest absolute Gasteiger partial charge is 0.375 e. The first-order valence-corrected chi connectivity index (χ1v) is 5.43. The summed E-state index contributed by atoms with van der Waals surface area (Å²) in [7, 11) is 2.12. The summed E-state index contributed by atoms with van der Waals surface area (Å²) in [6.07, 6.45) is 1.18. The van der Waals surface area contributed by atoms with Gasteiger partial charge in [-0.15, -0.1) is 0 Å². The van der Waals surface area contributed by atoms with Crippen molar-refractivity contribution in [2.24, 2.45) is 5.92 Å². The summed E-state index contributed by atoms with van der Waals surface area (Å²) in [5, 5.41) is 0. The van der Waals surface area contributed by atoms with Crippen LogP contribution in [0.25, 0.3) is 0 Å². The van der Waals surface area contributed by atoms with Crippen molar-refractivity contribution >= 4 is 5.69 Å². The maximum Gasteiger partial charge on any atom is 0.0363 e. The third kappa shape index (κ3) is 3.06. The van der Waals surface area contributed by atoms with Gasteiger partial charge >= 0.3 is 0 Å². The van der Waals surface area contributed by atoms with Crippen LogP contribution in [0.1, 0.15) is 26.3 Å². The van der Waals surface area contributed by atoms with Crippen LogP contribution in [-0.2, 0) is 6.42 Å². The Bertz CT molecular complexity index is 261. The highest BCUT2D eigenvalue weighted by atomic mass is 15.1. The zero-order valence-electron chi connectivity index (χ0n) is 9.75. The van der Waals surface area contributed by atoms with E-state index in [4.69, 9.17) is 0 Å². The topological polar surface area (TPSA) is 3.24 Å². The molecule has 0 aromatic heterocycles. The second-order valence-corrected chi connectivity index (χ2v) is 4.28. The lowest BCUT2D eigenvalue weighted by molar-refractivity contribution is 0.647. The molecule has 0 fully saturated rings. The molecular weight excluding hydrogens is 170 g/mol. The molecule has 1 aromatic carbocycles. The SMILES string of the molecule is CCN(C)c1ccc(CC(C)C)cc1. The molecule has 0 bridgehead atoms. The standard InChI is InChI=1S/C13H21N/c1-5-14(4)13-8-6-12(7-9-13)10-11(2)3/h6-9,11H,5,10H2,1-4H3. The number of benzene rings is 1. The predicted molar refractivity (Wildman–Crippen MR) is 63.9 cm³/mol. The monoisotopic (exact) mass is 191 g/mol. The lowest BCUT2D eigenvalue weighted by Crippen LogP contribution is -2.15. The predicted octanol–water partition coefficient (Wildman–Crippen LogP) is 3.34. The average Bonchev–Trinajstić information content (AvgIpc) is 2.17. The highest BCUT2D eigenvalue weighted by molar-refractivity contribution is 5.46. The number of hydrogen-bond donors (Lipinski definition) is 0. The van der Waals surface area contributed by atoms with Crippen molar-refractivity contribution in [3.05, 3.63) is 29.8 Å². The lowest BCUT2D eigenvalue weighted by Gasteiger charge is -2.17. The first-order chi connectivity index (χ1) is 6.63. The van der Waals surface area contributed by atoms with E-state index in [0.29, 0.717) is 0 Å². The Balaban J connectivity index is 2.68. The maximum atomic E-state index is 2.26. The molecule has 0 heterocycles. The Morgan fingerprint density at radius 2 is 1.71 bits per heavy atom. The lowest BCUT2D eigenvalue weighted by atomic mass is 10.0. The molecule has 1 rings (SSSR count). The number of rotatable bonds is 4. The van der Waals surface area contributed by atoms with Gasteiger partial charge in [-0.1, -0.05) is 26.0 Å². The second-order valence-electron chi connectivity index (χ2n) is 4.28. The van der Waals surface area contributed by atoms with Crippen molar-refractivity contribution in [2.45, 2.75) is 27.2 Å². The fourth-order valence-electron chi connectivity index (χ4n) is 1.54. The van der Waals surface area contributed by atoms with Crippen molar-refractivity contribution in [1.82, 2.24) is 0 Å². The molecule has 1 aromatic rings. The van der Waals surface area contributed by atoms with Gasteiger partial charge in [-0.2, -0.15) is 0 Å². The van der Waals surface area contributed by atoms with Gasteiger partial charge in [-0.05, 0) is 37.0 Å². The summed E-state index contributed by atoms with van der Waals surface area (Å²) in [5.41, 5.74) is 2.74. The van der Waals surface area contributed by atoms with Gasteiger partial charge in [0.05, 0.1) is 0 Å². The molecule has 1 heteroatoms. The second kappa shape index (κ2) is 5.04. The molecule has 0 amide bonds. The Hall–Kier alpha value is -0.980. The van der Waals surface area contributed by atoms with E-state index in [9.17, 15) is 0 Å². The van der Waals surface area contributed by atoms with Crippen LogP contribution in [0.2, 0.25) is 0 Å². The van der Waals surface area contributed by atoms with Gasteiger partial charge in [-0.25, -0.2) is 0 Å². The summed E-state index contributed by atoms with van der Waals surface area (Å²) in [6.45, 7) is 7.74. The Kier molecular flexibility index (Phi) is 3.99. The highest BCUT2D eigenvalue weighted by Crippen LogP contribution is 2.15. The highest BCUT2D eigenvalue weighted by Gasteiger charge is 1.99. The minimum Gasteiger partial charge on any atom is -0.375 e. The van der Waals surface area contributed by atoms with Gasteiger partial charge in [0.25, 0.3) is 0 Å². The van der Waals surface area contributed by atoms with Gasteiger partial charge in [0, 0.05) is 19.3 Å². The molecule has 0 unspecified atom stereocenters. The summed E-state index contributed by atoms with van der Waals surface area (Å²) < 4.78 is 0. The van der Waals surface area contributed by atoms with E-state index in [2.05, 4.69) is 57.0 Å². The third-order valence-corrected chi connectivity index (χ3v) is 2.50. The van der Waals surface area contributed by atoms with Crippen LogP contribution in [0.15, 0.2) is 24.3 Å². The van der Waals surface area contributed by atoms with Crippen molar-refractivity contribution in [3.8, 4) is 0 Å². The van der Waals surface area contributed by atoms with E-state index in [0.717, 1.165) is 12.5 Å². The van der Waals surface area contributed by atoms with Crippen LogP contribution in [0.4, 0.5) is 5.69 Å². The quantitative estimate of drug-likeness (QED) is 0.705. The minimum absolute atomic E-state index is 0.741.